The van der Waals surface area contributed by atoms with Gasteiger partial charge in [0.25, 0.3) is 0 Å². The van der Waals surface area contributed by atoms with Crippen LogP contribution in [-0.4, -0.2) is 17.3 Å². The van der Waals surface area contributed by atoms with E-state index in [1.54, 1.807) is 5.30 Å². The van der Waals surface area contributed by atoms with Crippen molar-refractivity contribution in [2.24, 2.45) is 0 Å². The first-order valence-corrected chi connectivity index (χ1v) is 9.49. The van der Waals surface area contributed by atoms with Crippen molar-refractivity contribution in [3.63, 3.8) is 0 Å². The first kappa shape index (κ1) is 19.3. The zero-order valence-electron chi connectivity index (χ0n) is 12.7. The molecule has 0 fully saturated rings. The number of fused-ring (bicyclic) bond motifs is 1. The number of para-hydroxylation sites is 2. The topological polar surface area (TPSA) is 26.0 Å². The van der Waals surface area contributed by atoms with Crippen LogP contribution in [0, 0.1) is 0 Å². The Bertz CT molecular complexity index is 637. The maximum Gasteiger partial charge on any atom is 1.00 e. The molecule has 0 spiro atoms. The summed E-state index contributed by atoms with van der Waals surface area (Å²) in [5, 5.41) is 1.89. The molecule has 0 N–H and O–H groups in total. The Hall–Kier alpha value is -0.700. The molecule has 2 nitrogen and oxygen atoms in total. The number of benzene rings is 2. The van der Waals surface area contributed by atoms with E-state index in [1.807, 2.05) is 24.3 Å². The summed E-state index contributed by atoms with van der Waals surface area (Å²) in [5.41, 5.74) is 1.58. The molecule has 0 saturated carbocycles. The first-order chi connectivity index (χ1) is 10.2. The Balaban J connectivity index is 0.000000211. The van der Waals surface area contributed by atoms with E-state index < -0.39 is 0 Å². The van der Waals surface area contributed by atoms with Crippen molar-refractivity contribution in [2.75, 3.05) is 12.3 Å². The predicted octanol–water partition coefficient (Wildman–Crippen LogP) is 4.30. The van der Waals surface area contributed by atoms with E-state index >= 15 is 0 Å². The SMILES string of the molecule is CC[PH+](CC)c1ccccc1.[Au+].[S-]c1nc2ccccc2o1. The van der Waals surface area contributed by atoms with E-state index in [9.17, 15) is 0 Å². The molecule has 0 aliphatic carbocycles. The zero-order chi connectivity index (χ0) is 15.1. The van der Waals surface area contributed by atoms with Crippen LogP contribution in [0.25, 0.3) is 11.1 Å². The molecule has 0 aliphatic rings. The molecule has 0 radical (unpaired) electrons. The molecule has 2 aromatic carbocycles. The van der Waals surface area contributed by atoms with Gasteiger partial charge in [-0.3, -0.25) is 0 Å². The van der Waals surface area contributed by atoms with Gasteiger partial charge in [-0.15, -0.1) is 0 Å². The molecule has 0 saturated heterocycles. The van der Waals surface area contributed by atoms with Crippen LogP contribution in [0.4, 0.5) is 0 Å². The number of hydrogen-bond acceptors (Lipinski definition) is 3. The van der Waals surface area contributed by atoms with Gasteiger partial charge in [-0.25, -0.2) is 4.98 Å². The zero-order valence-corrected chi connectivity index (χ0v) is 16.7. The van der Waals surface area contributed by atoms with Gasteiger partial charge in [0.05, 0.1) is 22.9 Å². The van der Waals surface area contributed by atoms with Crippen LogP contribution >= 0.6 is 7.92 Å². The molecular formula is C17H20AuNOPS+. The maximum absolute atomic E-state index is 5.07. The third kappa shape index (κ3) is 5.49. The van der Waals surface area contributed by atoms with Crippen LogP contribution in [0.3, 0.4) is 0 Å². The molecule has 22 heavy (non-hydrogen) atoms. The van der Waals surface area contributed by atoms with E-state index in [-0.39, 0.29) is 30.3 Å². The molecule has 0 atom stereocenters. The fourth-order valence-corrected chi connectivity index (χ4v) is 4.35. The molecule has 1 heterocycles. The molecular weight excluding hydrogens is 494 g/mol. The summed E-state index contributed by atoms with van der Waals surface area (Å²) in [6.45, 7) is 4.59. The Morgan fingerprint density at radius 3 is 2.14 bits per heavy atom. The summed E-state index contributed by atoms with van der Waals surface area (Å²) in [6.07, 6.45) is 2.70. The van der Waals surface area contributed by atoms with Gasteiger partial charge in [-0.1, -0.05) is 30.3 Å². The fraction of sp³-hybridized carbons (Fsp3) is 0.235. The second-order valence-electron chi connectivity index (χ2n) is 4.62. The number of hydrogen-bond donors (Lipinski definition) is 0. The van der Waals surface area contributed by atoms with Crippen molar-refractivity contribution in [1.82, 2.24) is 4.98 Å². The van der Waals surface area contributed by atoms with Crippen molar-refractivity contribution in [2.45, 2.75) is 19.1 Å². The Morgan fingerprint density at radius 2 is 1.55 bits per heavy atom. The van der Waals surface area contributed by atoms with E-state index in [2.05, 4.69) is 49.2 Å². The first-order valence-electron chi connectivity index (χ1n) is 7.17. The van der Waals surface area contributed by atoms with Crippen molar-refractivity contribution in [3.8, 4) is 0 Å². The minimum atomic E-state index is -0.201. The largest absolute Gasteiger partial charge is 1.00 e. The molecule has 3 aromatic rings. The Kier molecular flexibility index (Phi) is 8.92. The minimum absolute atomic E-state index is 0. The molecule has 0 unspecified atom stereocenters. The Labute approximate surface area is 154 Å². The third-order valence-electron chi connectivity index (χ3n) is 3.31. The van der Waals surface area contributed by atoms with Gasteiger partial charge >= 0.3 is 22.4 Å². The molecule has 0 bridgehead atoms. The van der Waals surface area contributed by atoms with Crippen LogP contribution in [0.15, 0.2) is 64.2 Å². The van der Waals surface area contributed by atoms with Crippen molar-refractivity contribution < 1.29 is 26.8 Å². The van der Waals surface area contributed by atoms with Gasteiger partial charge in [-0.2, -0.15) is 0 Å². The van der Waals surface area contributed by atoms with Crippen LogP contribution in [0.2, 0.25) is 0 Å². The summed E-state index contributed by atoms with van der Waals surface area (Å²) in [6, 6.07) is 18.4. The monoisotopic (exact) mass is 514 g/mol. The molecule has 3 rings (SSSR count). The van der Waals surface area contributed by atoms with Crippen molar-refractivity contribution >= 4 is 37.0 Å². The molecule has 0 aliphatic heterocycles. The smallest absolute Gasteiger partial charge is 0.721 e. The quantitative estimate of drug-likeness (QED) is 0.296. The molecule has 5 heteroatoms. The normalized spacial score (nSPS) is 9.95. The second kappa shape index (κ2) is 10.1. The van der Waals surface area contributed by atoms with Crippen LogP contribution in [0.5, 0.6) is 0 Å². The van der Waals surface area contributed by atoms with E-state index in [0.717, 1.165) is 11.1 Å². The molecule has 0 amide bonds. The van der Waals surface area contributed by atoms with Crippen LogP contribution in [-0.2, 0) is 35.0 Å². The van der Waals surface area contributed by atoms with Gasteiger partial charge < -0.3 is 17.0 Å². The van der Waals surface area contributed by atoms with Gasteiger partial charge in [0.15, 0.2) is 5.58 Å². The summed E-state index contributed by atoms with van der Waals surface area (Å²) >= 11 is 4.74. The van der Waals surface area contributed by atoms with E-state index in [4.69, 9.17) is 17.0 Å². The number of aromatic nitrogens is 1. The van der Waals surface area contributed by atoms with E-state index in [0.29, 0.717) is 5.22 Å². The van der Waals surface area contributed by atoms with Gasteiger partial charge in [0.1, 0.15) is 5.52 Å². The van der Waals surface area contributed by atoms with E-state index in [1.165, 1.54) is 12.3 Å². The molecule has 120 valence electrons. The molecule has 1 aromatic heterocycles. The summed E-state index contributed by atoms with van der Waals surface area (Å²) in [4.78, 5) is 3.96. The third-order valence-corrected chi connectivity index (χ3v) is 6.34. The standard InChI is InChI=1S/C10H15P.C7H5NOS.Au/c1-3-11(4-2)10-8-6-5-7-9-10;10-7-8-5-3-1-2-4-6(5)9-7;/h5-9H,3-4H2,1-2H3;1-4H,(H,8,10);/q;;+1. The average molecular weight is 514 g/mol. The number of oxazole rings is 1. The van der Waals surface area contributed by atoms with Crippen LogP contribution in [0.1, 0.15) is 13.8 Å². The maximum atomic E-state index is 5.07. The minimum Gasteiger partial charge on any atom is -0.721 e. The van der Waals surface area contributed by atoms with Crippen LogP contribution < -0.4 is 5.30 Å². The Morgan fingerprint density at radius 1 is 0.955 bits per heavy atom. The number of rotatable bonds is 3. The van der Waals surface area contributed by atoms with Gasteiger partial charge in [0, 0.05) is 7.92 Å². The van der Waals surface area contributed by atoms with Crippen molar-refractivity contribution in [1.29, 1.82) is 0 Å². The van der Waals surface area contributed by atoms with Crippen molar-refractivity contribution in [3.05, 3.63) is 54.6 Å². The summed E-state index contributed by atoms with van der Waals surface area (Å²) in [5.74, 6) is 0. The number of nitrogens with zero attached hydrogens (tertiary/aromatic N) is 1. The second-order valence-corrected chi connectivity index (χ2v) is 8.17. The fourth-order valence-electron chi connectivity index (χ4n) is 2.18. The predicted molar refractivity (Wildman–Crippen MR) is 95.1 cm³/mol. The summed E-state index contributed by atoms with van der Waals surface area (Å²) < 4.78 is 5.07. The summed E-state index contributed by atoms with van der Waals surface area (Å²) in [7, 11) is -0.201. The average Bonchev–Trinajstić information content (AvgIpc) is 2.90. The van der Waals surface area contributed by atoms with Gasteiger partial charge in [-0.05, 0) is 38.1 Å². The van der Waals surface area contributed by atoms with Gasteiger partial charge in [0.2, 0.25) is 0 Å².